The first-order valence-electron chi connectivity index (χ1n) is 9.51. The average Bonchev–Trinajstić information content (AvgIpc) is 2.99. The van der Waals surface area contributed by atoms with Crippen molar-refractivity contribution in [3.05, 3.63) is 29.6 Å². The van der Waals surface area contributed by atoms with Crippen LogP contribution in [0.3, 0.4) is 0 Å². The number of nitrogens with one attached hydrogen (secondary N) is 1. The Kier molecular flexibility index (Phi) is 4.02. The van der Waals surface area contributed by atoms with E-state index in [1.165, 1.54) is 12.0 Å². The topological polar surface area (TPSA) is 56.2 Å². The number of hydrogen-bond acceptors (Lipinski definition) is 3. The summed E-state index contributed by atoms with van der Waals surface area (Å²) >= 11 is 0. The fourth-order valence-electron chi connectivity index (χ4n) is 5.00. The van der Waals surface area contributed by atoms with Crippen LogP contribution in [0.2, 0.25) is 0 Å². The number of rotatable bonds is 3. The highest BCUT2D eigenvalue weighted by atomic mass is 16.5. The molecule has 2 heterocycles. The SMILES string of the molecule is C=C1C(NC(=O)c2cc(C)nn2C2CCOCC2)C[C@H]2C[C@@H]1C2(C)C. The lowest BCUT2D eigenvalue weighted by atomic mass is 9.46. The van der Waals surface area contributed by atoms with E-state index in [2.05, 4.69) is 30.8 Å². The van der Waals surface area contributed by atoms with Crippen molar-refractivity contribution >= 4 is 5.91 Å². The summed E-state index contributed by atoms with van der Waals surface area (Å²) in [6.07, 6.45) is 4.07. The number of aryl methyl sites for hydroxylation is 1. The van der Waals surface area contributed by atoms with Crippen molar-refractivity contribution in [1.29, 1.82) is 0 Å². The molecule has 5 heteroatoms. The second-order valence-electron chi connectivity index (χ2n) is 8.60. The molecule has 4 fully saturated rings. The van der Waals surface area contributed by atoms with E-state index in [1.54, 1.807) is 0 Å². The van der Waals surface area contributed by atoms with Crippen LogP contribution in [-0.4, -0.2) is 34.9 Å². The number of ether oxygens (including phenoxy) is 1. The van der Waals surface area contributed by atoms with Crippen molar-refractivity contribution in [1.82, 2.24) is 15.1 Å². The Morgan fingerprint density at radius 1 is 1.36 bits per heavy atom. The standard InChI is InChI=1S/C20H29N3O2/c1-12-9-18(23(22-12)15-5-7-25-8-6-15)19(24)21-17-11-14-10-16(13(17)2)20(14,3)4/h9,14-17H,2,5-8,10-11H2,1,3-4H3,(H,21,24)/t14-,16+,17?/m1/s1. The first kappa shape index (κ1) is 16.8. The van der Waals surface area contributed by atoms with E-state index >= 15 is 0 Å². The van der Waals surface area contributed by atoms with Gasteiger partial charge in [-0.05, 0) is 55.9 Å². The summed E-state index contributed by atoms with van der Waals surface area (Å²) in [4.78, 5) is 13.0. The molecule has 2 bridgehead atoms. The van der Waals surface area contributed by atoms with Gasteiger partial charge in [0.1, 0.15) is 5.69 Å². The number of amides is 1. The zero-order valence-corrected chi connectivity index (χ0v) is 15.5. The van der Waals surface area contributed by atoms with Gasteiger partial charge in [0.2, 0.25) is 0 Å². The van der Waals surface area contributed by atoms with Gasteiger partial charge in [-0.25, -0.2) is 0 Å². The Hall–Kier alpha value is -1.62. The third kappa shape index (κ3) is 2.73. The van der Waals surface area contributed by atoms with Crippen LogP contribution in [0.1, 0.15) is 61.8 Å². The molecule has 3 aliphatic carbocycles. The summed E-state index contributed by atoms with van der Waals surface area (Å²) in [7, 11) is 0. The minimum absolute atomic E-state index is 0.0163. The molecule has 4 aliphatic rings. The van der Waals surface area contributed by atoms with Crippen LogP contribution in [0.5, 0.6) is 0 Å². The van der Waals surface area contributed by atoms with Gasteiger partial charge in [0.15, 0.2) is 0 Å². The van der Waals surface area contributed by atoms with Crippen molar-refractivity contribution in [2.45, 2.75) is 58.5 Å². The van der Waals surface area contributed by atoms with Crippen LogP contribution in [0.25, 0.3) is 0 Å². The maximum atomic E-state index is 13.0. The van der Waals surface area contributed by atoms with Crippen molar-refractivity contribution in [3.8, 4) is 0 Å². The lowest BCUT2D eigenvalue weighted by Crippen LogP contribution is -2.57. The first-order chi connectivity index (χ1) is 11.9. The summed E-state index contributed by atoms with van der Waals surface area (Å²) in [5.41, 5.74) is 3.12. The summed E-state index contributed by atoms with van der Waals surface area (Å²) in [5, 5.41) is 7.84. The molecule has 1 saturated heterocycles. The Morgan fingerprint density at radius 2 is 2.08 bits per heavy atom. The summed E-state index contributed by atoms with van der Waals surface area (Å²) < 4.78 is 7.37. The fourth-order valence-corrected chi connectivity index (χ4v) is 5.00. The van der Waals surface area contributed by atoms with Gasteiger partial charge in [-0.1, -0.05) is 26.0 Å². The molecule has 3 saturated carbocycles. The van der Waals surface area contributed by atoms with Crippen molar-refractivity contribution < 1.29 is 9.53 Å². The highest BCUT2D eigenvalue weighted by molar-refractivity contribution is 5.93. The molecule has 136 valence electrons. The summed E-state index contributed by atoms with van der Waals surface area (Å²) in [6, 6.07) is 2.26. The third-order valence-electron chi connectivity index (χ3n) is 6.82. The fraction of sp³-hybridized carbons (Fsp3) is 0.700. The van der Waals surface area contributed by atoms with E-state index in [0.29, 0.717) is 22.9 Å². The van der Waals surface area contributed by atoms with Crippen LogP contribution in [0.4, 0.5) is 0 Å². The number of fused-ring (bicyclic) bond motifs is 2. The van der Waals surface area contributed by atoms with Gasteiger partial charge >= 0.3 is 0 Å². The van der Waals surface area contributed by atoms with Crippen molar-refractivity contribution in [2.75, 3.05) is 13.2 Å². The number of nitrogens with zero attached hydrogens (tertiary/aromatic N) is 2. The highest BCUT2D eigenvalue weighted by Crippen LogP contribution is 2.60. The van der Waals surface area contributed by atoms with Gasteiger partial charge in [-0.2, -0.15) is 5.10 Å². The molecule has 3 atom stereocenters. The maximum Gasteiger partial charge on any atom is 0.270 e. The molecular formula is C20H29N3O2. The molecule has 0 spiro atoms. The molecule has 1 N–H and O–H groups in total. The molecule has 1 unspecified atom stereocenters. The van der Waals surface area contributed by atoms with E-state index in [4.69, 9.17) is 4.74 Å². The minimum atomic E-state index is -0.0163. The largest absolute Gasteiger partial charge is 0.381 e. The van der Waals surface area contributed by atoms with E-state index in [0.717, 1.165) is 38.2 Å². The molecule has 1 aliphatic heterocycles. The molecule has 1 aromatic rings. The van der Waals surface area contributed by atoms with Gasteiger partial charge in [-0.3, -0.25) is 9.48 Å². The number of aromatic nitrogens is 2. The van der Waals surface area contributed by atoms with Gasteiger partial charge in [-0.15, -0.1) is 0 Å². The van der Waals surface area contributed by atoms with E-state index in [1.807, 2.05) is 17.7 Å². The Balaban J connectivity index is 1.50. The second-order valence-corrected chi connectivity index (χ2v) is 8.60. The minimum Gasteiger partial charge on any atom is -0.381 e. The zero-order chi connectivity index (χ0) is 17.8. The van der Waals surface area contributed by atoms with Crippen LogP contribution in [-0.2, 0) is 4.74 Å². The molecule has 5 nitrogen and oxygen atoms in total. The van der Waals surface area contributed by atoms with Gasteiger partial charge < -0.3 is 10.1 Å². The molecule has 1 aromatic heterocycles. The highest BCUT2D eigenvalue weighted by Gasteiger charge is 2.54. The first-order valence-corrected chi connectivity index (χ1v) is 9.51. The number of carbonyl (C=O) groups excluding carboxylic acids is 1. The number of carbonyl (C=O) groups is 1. The monoisotopic (exact) mass is 343 g/mol. The number of hydrogen-bond donors (Lipinski definition) is 1. The predicted octanol–water partition coefficient (Wildman–Crippen LogP) is 3.26. The molecule has 0 aromatic carbocycles. The third-order valence-corrected chi connectivity index (χ3v) is 6.82. The van der Waals surface area contributed by atoms with Gasteiger partial charge in [0.05, 0.1) is 17.8 Å². The zero-order valence-electron chi connectivity index (χ0n) is 15.5. The normalized spacial score (nSPS) is 31.5. The lowest BCUT2D eigenvalue weighted by Gasteiger charge is -2.60. The van der Waals surface area contributed by atoms with Crippen LogP contribution in [0, 0.1) is 24.2 Å². The lowest BCUT2D eigenvalue weighted by molar-refractivity contribution is -0.0375. The van der Waals surface area contributed by atoms with Gasteiger partial charge in [0.25, 0.3) is 5.91 Å². The average molecular weight is 343 g/mol. The Bertz CT molecular complexity index is 700. The van der Waals surface area contributed by atoms with Crippen molar-refractivity contribution in [2.24, 2.45) is 17.3 Å². The molecule has 5 rings (SSSR count). The van der Waals surface area contributed by atoms with E-state index in [9.17, 15) is 4.79 Å². The smallest absolute Gasteiger partial charge is 0.270 e. The molecule has 0 radical (unpaired) electrons. The Labute approximate surface area is 149 Å². The van der Waals surface area contributed by atoms with Crippen LogP contribution in [0.15, 0.2) is 18.2 Å². The molecular weight excluding hydrogens is 314 g/mol. The maximum absolute atomic E-state index is 13.0. The molecule has 25 heavy (non-hydrogen) atoms. The molecule has 1 amide bonds. The van der Waals surface area contributed by atoms with Crippen molar-refractivity contribution in [3.63, 3.8) is 0 Å². The van der Waals surface area contributed by atoms with Crippen LogP contribution >= 0.6 is 0 Å². The second kappa shape index (κ2) is 5.97. The quantitative estimate of drug-likeness (QED) is 0.857. The van der Waals surface area contributed by atoms with E-state index < -0.39 is 0 Å². The summed E-state index contributed by atoms with van der Waals surface area (Å²) in [5.74, 6) is 1.21. The van der Waals surface area contributed by atoms with E-state index in [-0.39, 0.29) is 18.0 Å². The Morgan fingerprint density at radius 3 is 2.72 bits per heavy atom. The van der Waals surface area contributed by atoms with Crippen LogP contribution < -0.4 is 5.32 Å². The summed E-state index contributed by atoms with van der Waals surface area (Å²) in [6.45, 7) is 12.4. The van der Waals surface area contributed by atoms with Gasteiger partial charge in [0, 0.05) is 13.2 Å². The predicted molar refractivity (Wildman–Crippen MR) is 96.4 cm³/mol.